The molecule has 0 N–H and O–H groups in total. The molecular weight excluding hydrogens is 380 g/mol. The summed E-state index contributed by atoms with van der Waals surface area (Å²) in [5.41, 5.74) is 5.87. The van der Waals surface area contributed by atoms with Crippen LogP contribution in [0.1, 0.15) is 29.5 Å². The first-order chi connectivity index (χ1) is 15.3. The zero-order chi connectivity index (χ0) is 21.5. The number of hydrogen-bond acceptors (Lipinski definition) is 2. The molecule has 0 heterocycles. The fraction of sp³-hybridized carbons (Fsp3) is 0.172. The van der Waals surface area contributed by atoms with E-state index >= 15 is 0 Å². The lowest BCUT2D eigenvalue weighted by Gasteiger charge is -2.21. The number of ether oxygens (including phenoxy) is 2. The van der Waals surface area contributed by atoms with Gasteiger partial charge in [0.25, 0.3) is 0 Å². The van der Waals surface area contributed by atoms with E-state index in [0.717, 1.165) is 34.6 Å². The van der Waals surface area contributed by atoms with Crippen molar-refractivity contribution in [1.29, 1.82) is 0 Å². The van der Waals surface area contributed by atoms with E-state index in [2.05, 4.69) is 73.7 Å². The van der Waals surface area contributed by atoms with Gasteiger partial charge in [0, 0.05) is 5.56 Å². The van der Waals surface area contributed by atoms with Gasteiger partial charge in [-0.05, 0) is 40.7 Å². The summed E-state index contributed by atoms with van der Waals surface area (Å²) in [5, 5.41) is 0. The molecule has 0 fully saturated rings. The van der Waals surface area contributed by atoms with Gasteiger partial charge in [0.15, 0.2) is 0 Å². The average Bonchev–Trinajstić information content (AvgIpc) is 2.84. The predicted molar refractivity (Wildman–Crippen MR) is 128 cm³/mol. The molecule has 4 rings (SSSR count). The van der Waals surface area contributed by atoms with Crippen LogP contribution in [-0.4, -0.2) is 7.11 Å². The molecule has 0 spiro atoms. The van der Waals surface area contributed by atoms with Crippen LogP contribution >= 0.6 is 0 Å². The summed E-state index contributed by atoms with van der Waals surface area (Å²) in [6.07, 6.45) is 0.879. The molecule has 156 valence electrons. The van der Waals surface area contributed by atoms with E-state index < -0.39 is 0 Å². The maximum Gasteiger partial charge on any atom is 0.131 e. The monoisotopic (exact) mass is 408 g/mol. The van der Waals surface area contributed by atoms with E-state index in [1.165, 1.54) is 11.1 Å². The number of hydrogen-bond donors (Lipinski definition) is 0. The molecule has 0 amide bonds. The summed E-state index contributed by atoms with van der Waals surface area (Å²) >= 11 is 0. The van der Waals surface area contributed by atoms with Gasteiger partial charge in [-0.2, -0.15) is 0 Å². The van der Waals surface area contributed by atoms with Gasteiger partial charge in [0.1, 0.15) is 18.1 Å². The maximum atomic E-state index is 6.49. The summed E-state index contributed by atoms with van der Waals surface area (Å²) in [7, 11) is 1.73. The number of para-hydroxylation sites is 2. The second kappa shape index (κ2) is 9.99. The van der Waals surface area contributed by atoms with Gasteiger partial charge in [-0.3, -0.25) is 0 Å². The van der Waals surface area contributed by atoms with Crippen LogP contribution in [0.4, 0.5) is 0 Å². The summed E-state index contributed by atoms with van der Waals surface area (Å²) in [5.74, 6) is 2.16. The predicted octanol–water partition coefficient (Wildman–Crippen LogP) is 7.29. The highest BCUT2D eigenvalue weighted by Crippen LogP contribution is 2.39. The van der Waals surface area contributed by atoms with Crippen LogP contribution in [0.5, 0.6) is 11.5 Å². The molecule has 0 aromatic heterocycles. The lowest BCUT2D eigenvalue weighted by Crippen LogP contribution is -2.06. The van der Waals surface area contributed by atoms with Gasteiger partial charge in [0.05, 0.1) is 7.11 Å². The Morgan fingerprint density at radius 2 is 1.39 bits per heavy atom. The van der Waals surface area contributed by atoms with E-state index in [1.54, 1.807) is 7.11 Å². The number of benzene rings is 4. The van der Waals surface area contributed by atoms with Crippen LogP contribution in [0.3, 0.4) is 0 Å². The molecule has 0 radical (unpaired) electrons. The Bertz CT molecular complexity index is 1100. The molecule has 0 saturated heterocycles. The summed E-state index contributed by atoms with van der Waals surface area (Å²) < 4.78 is 12.1. The zero-order valence-electron chi connectivity index (χ0n) is 18.1. The second-order valence-corrected chi connectivity index (χ2v) is 7.78. The number of rotatable bonds is 8. The Morgan fingerprint density at radius 1 is 0.710 bits per heavy atom. The summed E-state index contributed by atoms with van der Waals surface area (Å²) in [6, 6.07) is 35.5. The van der Waals surface area contributed by atoms with Crippen LogP contribution in [0.15, 0.2) is 103 Å². The highest BCUT2D eigenvalue weighted by atomic mass is 16.5. The zero-order valence-corrected chi connectivity index (χ0v) is 18.1. The van der Waals surface area contributed by atoms with Crippen molar-refractivity contribution in [3.05, 3.63) is 120 Å². The Labute approximate surface area is 185 Å². The second-order valence-electron chi connectivity index (χ2n) is 7.78. The third-order valence-corrected chi connectivity index (χ3v) is 5.61. The van der Waals surface area contributed by atoms with Crippen molar-refractivity contribution < 1.29 is 9.47 Å². The van der Waals surface area contributed by atoms with E-state index in [-0.39, 0.29) is 5.92 Å². The van der Waals surface area contributed by atoms with Crippen LogP contribution < -0.4 is 9.47 Å². The van der Waals surface area contributed by atoms with Gasteiger partial charge in [0.2, 0.25) is 0 Å². The summed E-state index contributed by atoms with van der Waals surface area (Å²) in [4.78, 5) is 0. The molecule has 2 nitrogen and oxygen atoms in total. The third-order valence-electron chi connectivity index (χ3n) is 5.61. The van der Waals surface area contributed by atoms with E-state index in [4.69, 9.17) is 9.47 Å². The topological polar surface area (TPSA) is 18.5 Å². The smallest absolute Gasteiger partial charge is 0.131 e. The summed E-state index contributed by atoms with van der Waals surface area (Å²) in [6.45, 7) is 2.80. The first-order valence-corrected chi connectivity index (χ1v) is 10.7. The van der Waals surface area contributed by atoms with Crippen molar-refractivity contribution in [1.82, 2.24) is 0 Å². The maximum absolute atomic E-state index is 6.49. The lowest BCUT2D eigenvalue weighted by atomic mass is 9.90. The quantitative estimate of drug-likeness (QED) is 0.305. The fourth-order valence-electron chi connectivity index (χ4n) is 3.99. The molecule has 2 heteroatoms. The molecule has 0 aliphatic carbocycles. The first-order valence-electron chi connectivity index (χ1n) is 10.7. The van der Waals surface area contributed by atoms with Crippen molar-refractivity contribution in [3.8, 4) is 22.6 Å². The Kier molecular flexibility index (Phi) is 6.68. The highest BCUT2D eigenvalue weighted by molar-refractivity contribution is 5.72. The van der Waals surface area contributed by atoms with E-state index in [9.17, 15) is 0 Å². The Balaban J connectivity index is 1.70. The van der Waals surface area contributed by atoms with Gasteiger partial charge >= 0.3 is 0 Å². The molecule has 4 aromatic rings. The molecule has 0 saturated carbocycles. The molecule has 1 unspecified atom stereocenters. The highest BCUT2D eigenvalue weighted by Gasteiger charge is 2.18. The van der Waals surface area contributed by atoms with Crippen LogP contribution in [-0.2, 0) is 13.0 Å². The third kappa shape index (κ3) is 4.97. The van der Waals surface area contributed by atoms with Gasteiger partial charge in [-0.15, -0.1) is 0 Å². The molecule has 0 aliphatic rings. The normalized spacial score (nSPS) is 11.7. The minimum Gasteiger partial charge on any atom is -0.496 e. The standard InChI is InChI=1S/C29H28O2/c1-22(20-25-16-9-10-19-28(25)30-2)26-17-11-18-27(24-14-7-4-8-15-24)29(26)31-21-23-12-5-3-6-13-23/h3-19,22H,20-21H2,1-2H3. The first kappa shape index (κ1) is 20.7. The molecular formula is C29H28O2. The largest absolute Gasteiger partial charge is 0.496 e. The molecule has 0 aliphatic heterocycles. The van der Waals surface area contributed by atoms with Gasteiger partial charge in [-0.1, -0.05) is 104 Å². The van der Waals surface area contributed by atoms with E-state index in [1.807, 2.05) is 36.4 Å². The molecule has 4 aromatic carbocycles. The van der Waals surface area contributed by atoms with Crippen molar-refractivity contribution >= 4 is 0 Å². The minimum absolute atomic E-state index is 0.269. The SMILES string of the molecule is COc1ccccc1CC(C)c1cccc(-c2ccccc2)c1OCc1ccccc1. The molecule has 0 bridgehead atoms. The van der Waals surface area contributed by atoms with Crippen LogP contribution in [0.2, 0.25) is 0 Å². The lowest BCUT2D eigenvalue weighted by molar-refractivity contribution is 0.302. The van der Waals surface area contributed by atoms with Crippen LogP contribution in [0.25, 0.3) is 11.1 Å². The Morgan fingerprint density at radius 3 is 2.13 bits per heavy atom. The van der Waals surface area contributed by atoms with Crippen molar-refractivity contribution in [3.63, 3.8) is 0 Å². The molecule has 31 heavy (non-hydrogen) atoms. The average molecular weight is 409 g/mol. The molecule has 1 atom stereocenters. The minimum atomic E-state index is 0.269. The number of methoxy groups -OCH3 is 1. The Hall–Kier alpha value is -3.52. The van der Waals surface area contributed by atoms with Gasteiger partial charge in [-0.25, -0.2) is 0 Å². The fourth-order valence-corrected chi connectivity index (χ4v) is 3.99. The van der Waals surface area contributed by atoms with E-state index in [0.29, 0.717) is 6.61 Å². The van der Waals surface area contributed by atoms with Crippen molar-refractivity contribution in [2.24, 2.45) is 0 Å². The van der Waals surface area contributed by atoms with Gasteiger partial charge < -0.3 is 9.47 Å². The van der Waals surface area contributed by atoms with Crippen molar-refractivity contribution in [2.45, 2.75) is 25.9 Å². The van der Waals surface area contributed by atoms with Crippen molar-refractivity contribution in [2.75, 3.05) is 7.11 Å². The van der Waals surface area contributed by atoms with Crippen LogP contribution in [0, 0.1) is 0 Å².